The van der Waals surface area contributed by atoms with Crippen LogP contribution in [0, 0.1) is 0 Å². The highest BCUT2D eigenvalue weighted by molar-refractivity contribution is 6.03. The molecular formula is C15H19N3O2. The quantitative estimate of drug-likeness (QED) is 0.591. The maximum atomic E-state index is 12.1. The lowest BCUT2D eigenvalue weighted by atomic mass is 9.94. The van der Waals surface area contributed by atoms with Crippen LogP contribution in [0.1, 0.15) is 37.4 Å². The molecular weight excluding hydrogens is 254 g/mol. The molecule has 0 spiro atoms. The molecule has 20 heavy (non-hydrogen) atoms. The van der Waals surface area contributed by atoms with Crippen LogP contribution in [-0.2, 0) is 16.0 Å². The van der Waals surface area contributed by atoms with E-state index < -0.39 is 5.54 Å². The molecule has 0 bridgehead atoms. The Bertz CT molecular complexity index is 595. The summed E-state index contributed by atoms with van der Waals surface area (Å²) in [5, 5.41) is 2.42. The number of anilines is 1. The molecule has 1 aliphatic heterocycles. The first-order valence-electron chi connectivity index (χ1n) is 6.89. The summed E-state index contributed by atoms with van der Waals surface area (Å²) in [6, 6.07) is 6.01. The van der Waals surface area contributed by atoms with E-state index in [1.807, 2.05) is 36.9 Å². The van der Waals surface area contributed by atoms with E-state index in [4.69, 9.17) is 5.73 Å². The average Bonchev–Trinajstić information content (AvgIpc) is 2.76. The topological polar surface area (TPSA) is 75.4 Å². The third kappa shape index (κ3) is 1.89. The Labute approximate surface area is 118 Å². The molecule has 2 amide bonds. The zero-order valence-corrected chi connectivity index (χ0v) is 11.8. The van der Waals surface area contributed by atoms with Crippen molar-refractivity contribution in [1.29, 1.82) is 0 Å². The van der Waals surface area contributed by atoms with Gasteiger partial charge in [-0.25, -0.2) is 0 Å². The van der Waals surface area contributed by atoms with Crippen molar-refractivity contribution in [3.8, 4) is 0 Å². The molecule has 5 heteroatoms. The summed E-state index contributed by atoms with van der Waals surface area (Å²) in [6.45, 7) is 3.99. The third-order valence-electron chi connectivity index (χ3n) is 4.43. The van der Waals surface area contributed by atoms with Crippen molar-refractivity contribution >= 4 is 17.5 Å². The van der Waals surface area contributed by atoms with Crippen molar-refractivity contribution in [1.82, 2.24) is 10.2 Å². The number of imide groups is 1. The van der Waals surface area contributed by atoms with Gasteiger partial charge in [0.1, 0.15) is 0 Å². The van der Waals surface area contributed by atoms with Crippen LogP contribution in [0.5, 0.6) is 0 Å². The number of benzene rings is 1. The standard InChI is InChI=1S/C15H19N3O2/c1-15(2)14(20)17-13(19)8-18(15)12-6-3-9-7-10(16)4-5-11(9)12/h4-5,7,12H,3,6,8,16H2,1-2H3,(H,17,19,20). The molecule has 1 fully saturated rings. The number of nitrogen functional groups attached to an aromatic ring is 1. The van der Waals surface area contributed by atoms with Gasteiger partial charge in [-0.15, -0.1) is 0 Å². The second kappa shape index (κ2) is 4.31. The molecule has 0 radical (unpaired) electrons. The highest BCUT2D eigenvalue weighted by Gasteiger charge is 2.45. The summed E-state index contributed by atoms with van der Waals surface area (Å²) in [4.78, 5) is 25.8. The van der Waals surface area contributed by atoms with E-state index in [1.54, 1.807) is 0 Å². The van der Waals surface area contributed by atoms with Crippen LogP contribution in [0.15, 0.2) is 18.2 Å². The first-order chi connectivity index (χ1) is 9.39. The number of amides is 2. The lowest BCUT2D eigenvalue weighted by molar-refractivity contribution is -0.147. The van der Waals surface area contributed by atoms with E-state index in [2.05, 4.69) is 5.32 Å². The van der Waals surface area contributed by atoms with Crippen molar-refractivity contribution in [3.63, 3.8) is 0 Å². The maximum absolute atomic E-state index is 12.1. The minimum atomic E-state index is -0.679. The smallest absolute Gasteiger partial charge is 0.246 e. The van der Waals surface area contributed by atoms with Crippen molar-refractivity contribution in [2.75, 3.05) is 12.3 Å². The van der Waals surface area contributed by atoms with Crippen molar-refractivity contribution < 1.29 is 9.59 Å². The van der Waals surface area contributed by atoms with Gasteiger partial charge in [-0.3, -0.25) is 19.8 Å². The van der Waals surface area contributed by atoms with Crippen LogP contribution < -0.4 is 11.1 Å². The minimum Gasteiger partial charge on any atom is -0.399 e. The van der Waals surface area contributed by atoms with E-state index in [0.29, 0.717) is 0 Å². The van der Waals surface area contributed by atoms with Gasteiger partial charge < -0.3 is 5.73 Å². The number of rotatable bonds is 1. The Morgan fingerprint density at radius 3 is 2.85 bits per heavy atom. The van der Waals surface area contributed by atoms with Gasteiger partial charge in [0.25, 0.3) is 0 Å². The number of hydrogen-bond donors (Lipinski definition) is 2. The number of nitrogens with zero attached hydrogens (tertiary/aromatic N) is 1. The normalized spacial score (nSPS) is 25.4. The average molecular weight is 273 g/mol. The first-order valence-corrected chi connectivity index (χ1v) is 6.89. The summed E-state index contributed by atoms with van der Waals surface area (Å²) < 4.78 is 0. The first kappa shape index (κ1) is 13.1. The SMILES string of the molecule is CC1(C)C(=O)NC(=O)CN1C1CCc2cc(N)ccc21. The second-order valence-corrected chi connectivity index (χ2v) is 6.08. The molecule has 0 aromatic heterocycles. The Morgan fingerprint density at radius 1 is 1.35 bits per heavy atom. The zero-order valence-electron chi connectivity index (χ0n) is 11.8. The monoisotopic (exact) mass is 273 g/mol. The van der Waals surface area contributed by atoms with Crippen LogP contribution in [0.4, 0.5) is 5.69 Å². The number of aryl methyl sites for hydroxylation is 1. The van der Waals surface area contributed by atoms with Crippen LogP contribution in [-0.4, -0.2) is 28.8 Å². The third-order valence-corrected chi connectivity index (χ3v) is 4.43. The molecule has 1 aromatic rings. The Hall–Kier alpha value is -1.88. The van der Waals surface area contributed by atoms with E-state index >= 15 is 0 Å². The van der Waals surface area contributed by atoms with Gasteiger partial charge in [-0.2, -0.15) is 0 Å². The van der Waals surface area contributed by atoms with Gasteiger partial charge in [0.05, 0.1) is 12.1 Å². The highest BCUT2D eigenvalue weighted by atomic mass is 16.2. The molecule has 0 saturated carbocycles. The highest BCUT2D eigenvalue weighted by Crippen LogP contribution is 2.40. The van der Waals surface area contributed by atoms with Crippen molar-refractivity contribution in [2.24, 2.45) is 0 Å². The Balaban J connectivity index is 1.98. The molecule has 1 atom stereocenters. The lowest BCUT2D eigenvalue weighted by Gasteiger charge is -2.44. The zero-order chi connectivity index (χ0) is 14.5. The van der Waals surface area contributed by atoms with Gasteiger partial charge in [0.2, 0.25) is 11.8 Å². The fourth-order valence-corrected chi connectivity index (χ4v) is 3.24. The molecule has 1 heterocycles. The number of nitrogens with two attached hydrogens (primary N) is 1. The van der Waals surface area contributed by atoms with Gasteiger partial charge in [0, 0.05) is 11.7 Å². The maximum Gasteiger partial charge on any atom is 0.246 e. The molecule has 1 saturated heterocycles. The fraction of sp³-hybridized carbons (Fsp3) is 0.467. The van der Waals surface area contributed by atoms with Crippen LogP contribution in [0.3, 0.4) is 0 Å². The second-order valence-electron chi connectivity index (χ2n) is 6.08. The number of fused-ring (bicyclic) bond motifs is 1. The number of carbonyl (C=O) groups excluding carboxylic acids is 2. The number of nitrogens with one attached hydrogen (secondary N) is 1. The summed E-state index contributed by atoms with van der Waals surface area (Å²) in [6.07, 6.45) is 1.86. The van der Waals surface area contributed by atoms with Gasteiger partial charge >= 0.3 is 0 Å². The lowest BCUT2D eigenvalue weighted by Crippen LogP contribution is -2.64. The Morgan fingerprint density at radius 2 is 2.10 bits per heavy atom. The van der Waals surface area contributed by atoms with Crippen molar-refractivity contribution in [3.05, 3.63) is 29.3 Å². The van der Waals surface area contributed by atoms with Crippen LogP contribution in [0.2, 0.25) is 0 Å². The van der Waals surface area contributed by atoms with E-state index in [-0.39, 0.29) is 24.4 Å². The predicted molar refractivity (Wildman–Crippen MR) is 75.9 cm³/mol. The van der Waals surface area contributed by atoms with Crippen LogP contribution in [0.25, 0.3) is 0 Å². The summed E-state index contributed by atoms with van der Waals surface area (Å²) in [5.74, 6) is -0.448. The fourth-order valence-electron chi connectivity index (χ4n) is 3.24. The minimum absolute atomic E-state index is 0.107. The summed E-state index contributed by atoms with van der Waals surface area (Å²) in [7, 11) is 0. The number of carbonyl (C=O) groups is 2. The summed E-state index contributed by atoms with van der Waals surface area (Å²) >= 11 is 0. The molecule has 1 aliphatic carbocycles. The number of hydrogen-bond acceptors (Lipinski definition) is 4. The molecule has 5 nitrogen and oxygen atoms in total. The molecule has 1 unspecified atom stereocenters. The van der Waals surface area contributed by atoms with Crippen LogP contribution >= 0.6 is 0 Å². The molecule has 2 aliphatic rings. The van der Waals surface area contributed by atoms with E-state index in [0.717, 1.165) is 18.5 Å². The predicted octanol–water partition coefficient (Wildman–Crippen LogP) is 0.993. The molecule has 106 valence electrons. The molecule has 1 aromatic carbocycles. The molecule has 3 N–H and O–H groups in total. The Kier molecular flexibility index (Phi) is 2.83. The van der Waals surface area contributed by atoms with Gasteiger partial charge in [-0.05, 0) is 49.9 Å². The summed E-state index contributed by atoms with van der Waals surface area (Å²) in [5.41, 5.74) is 8.32. The van der Waals surface area contributed by atoms with Gasteiger partial charge in [-0.1, -0.05) is 6.07 Å². The van der Waals surface area contributed by atoms with E-state index in [9.17, 15) is 9.59 Å². The van der Waals surface area contributed by atoms with E-state index in [1.165, 1.54) is 11.1 Å². The number of piperazine rings is 1. The largest absolute Gasteiger partial charge is 0.399 e. The molecule has 3 rings (SSSR count). The van der Waals surface area contributed by atoms with Gasteiger partial charge in [0.15, 0.2) is 0 Å². The van der Waals surface area contributed by atoms with Crippen molar-refractivity contribution in [2.45, 2.75) is 38.3 Å².